The zero-order chi connectivity index (χ0) is 18.5. The molecule has 3 rings (SSSR count). The Hall–Kier alpha value is -3.21. The van der Waals surface area contributed by atoms with E-state index in [-0.39, 0.29) is 18.1 Å². The first-order valence-corrected chi connectivity index (χ1v) is 8.34. The lowest BCUT2D eigenvalue weighted by molar-refractivity contribution is -0.115. The van der Waals surface area contributed by atoms with Gasteiger partial charge in [-0.2, -0.15) is 0 Å². The molecule has 2 N–H and O–H groups in total. The summed E-state index contributed by atoms with van der Waals surface area (Å²) in [5, 5.41) is 6.04. The second-order valence-electron chi connectivity index (χ2n) is 6.23. The Bertz CT molecular complexity index is 923. The third-order valence-electron chi connectivity index (χ3n) is 3.96. The highest BCUT2D eigenvalue weighted by Crippen LogP contribution is 2.21. The highest BCUT2D eigenvalue weighted by atomic mass is 19.1. The molecule has 0 aliphatic carbocycles. The average Bonchev–Trinajstić information content (AvgIpc) is 2.60. The first-order valence-electron chi connectivity index (χ1n) is 8.34. The highest BCUT2D eigenvalue weighted by Gasteiger charge is 2.06. The van der Waals surface area contributed by atoms with Crippen molar-refractivity contribution >= 4 is 23.1 Å². The molecule has 4 nitrogen and oxygen atoms in total. The van der Waals surface area contributed by atoms with Crippen LogP contribution in [0.2, 0.25) is 0 Å². The number of carbonyl (C=O) groups excluding carboxylic acids is 1. The van der Waals surface area contributed by atoms with Crippen LogP contribution in [-0.4, -0.2) is 10.9 Å². The number of hydrogen-bond acceptors (Lipinski definition) is 3. The minimum Gasteiger partial charge on any atom is -0.340 e. The van der Waals surface area contributed by atoms with E-state index in [2.05, 4.69) is 33.8 Å². The third kappa shape index (κ3) is 4.66. The van der Waals surface area contributed by atoms with Gasteiger partial charge in [0, 0.05) is 5.69 Å². The van der Waals surface area contributed by atoms with Crippen molar-refractivity contribution in [1.29, 1.82) is 0 Å². The van der Waals surface area contributed by atoms with Gasteiger partial charge in [0.15, 0.2) is 0 Å². The van der Waals surface area contributed by atoms with Gasteiger partial charge in [-0.1, -0.05) is 24.3 Å². The summed E-state index contributed by atoms with van der Waals surface area (Å²) in [6.07, 6.45) is 1.71. The van der Waals surface area contributed by atoms with E-state index in [1.54, 1.807) is 30.5 Å². The van der Waals surface area contributed by atoms with Crippen LogP contribution in [0, 0.1) is 19.7 Å². The maximum atomic E-state index is 13.2. The number of amides is 1. The summed E-state index contributed by atoms with van der Waals surface area (Å²) in [7, 11) is 0. The van der Waals surface area contributed by atoms with Crippen molar-refractivity contribution in [3.8, 4) is 0 Å². The average molecular weight is 349 g/mol. The van der Waals surface area contributed by atoms with E-state index in [1.807, 2.05) is 13.8 Å². The van der Waals surface area contributed by atoms with Crippen LogP contribution in [0.5, 0.6) is 0 Å². The first kappa shape index (κ1) is 17.6. The van der Waals surface area contributed by atoms with Crippen molar-refractivity contribution in [2.45, 2.75) is 20.3 Å². The molecule has 0 aliphatic rings. The maximum Gasteiger partial charge on any atom is 0.228 e. The van der Waals surface area contributed by atoms with Crippen LogP contribution in [0.4, 0.5) is 21.6 Å². The number of halogens is 1. The van der Waals surface area contributed by atoms with Crippen LogP contribution in [0.25, 0.3) is 0 Å². The second-order valence-corrected chi connectivity index (χ2v) is 6.23. The number of aromatic nitrogens is 1. The molecular formula is C21H20FN3O. The van der Waals surface area contributed by atoms with Gasteiger partial charge in [-0.15, -0.1) is 0 Å². The van der Waals surface area contributed by atoms with Crippen LogP contribution in [0.3, 0.4) is 0 Å². The number of pyridine rings is 1. The van der Waals surface area contributed by atoms with Gasteiger partial charge in [-0.3, -0.25) is 4.79 Å². The number of nitrogens with one attached hydrogen (secondary N) is 2. The van der Waals surface area contributed by atoms with Crippen LogP contribution in [0.1, 0.15) is 16.7 Å². The van der Waals surface area contributed by atoms with Gasteiger partial charge in [-0.05, 0) is 60.9 Å². The number of nitrogens with zero attached hydrogens (tertiary/aromatic N) is 1. The fourth-order valence-electron chi connectivity index (χ4n) is 2.59. The molecule has 0 saturated carbocycles. The van der Waals surface area contributed by atoms with Crippen LogP contribution >= 0.6 is 0 Å². The van der Waals surface area contributed by atoms with Gasteiger partial charge in [0.2, 0.25) is 5.91 Å². The quantitative estimate of drug-likeness (QED) is 0.698. The molecule has 1 aromatic heterocycles. The number of anilines is 3. The standard InChI is InChI=1S/C21H20FN3O/c1-14-6-7-15(2)19(10-14)25-20-9-8-18(13-23-20)24-21(26)12-16-4-3-5-17(22)11-16/h3-11,13H,12H2,1-2H3,(H,23,25)(H,24,26). The van der Waals surface area contributed by atoms with Crippen LogP contribution in [-0.2, 0) is 11.2 Å². The van der Waals surface area contributed by atoms with Gasteiger partial charge in [0.05, 0.1) is 18.3 Å². The van der Waals surface area contributed by atoms with Crippen molar-refractivity contribution in [3.63, 3.8) is 0 Å². The number of rotatable bonds is 5. The summed E-state index contributed by atoms with van der Waals surface area (Å²) in [5.41, 5.74) is 4.52. The van der Waals surface area contributed by atoms with E-state index in [9.17, 15) is 9.18 Å². The molecule has 0 bridgehead atoms. The smallest absolute Gasteiger partial charge is 0.228 e. The second kappa shape index (κ2) is 7.78. The Morgan fingerprint density at radius 1 is 1.08 bits per heavy atom. The summed E-state index contributed by atoms with van der Waals surface area (Å²) < 4.78 is 13.2. The summed E-state index contributed by atoms with van der Waals surface area (Å²) >= 11 is 0. The van der Waals surface area contributed by atoms with Gasteiger partial charge >= 0.3 is 0 Å². The summed E-state index contributed by atoms with van der Waals surface area (Å²) in [6, 6.07) is 15.8. The van der Waals surface area contributed by atoms with E-state index >= 15 is 0 Å². The molecule has 0 spiro atoms. The lowest BCUT2D eigenvalue weighted by Gasteiger charge is -2.11. The minimum atomic E-state index is -0.348. The summed E-state index contributed by atoms with van der Waals surface area (Å²) in [5.74, 6) is 0.133. The summed E-state index contributed by atoms with van der Waals surface area (Å²) in [6.45, 7) is 4.07. The van der Waals surface area contributed by atoms with Crippen molar-refractivity contribution < 1.29 is 9.18 Å². The van der Waals surface area contributed by atoms with Crippen molar-refractivity contribution in [1.82, 2.24) is 4.98 Å². The molecule has 26 heavy (non-hydrogen) atoms. The molecule has 2 aromatic carbocycles. The molecule has 0 aliphatic heterocycles. The fraction of sp³-hybridized carbons (Fsp3) is 0.143. The molecule has 5 heteroatoms. The maximum absolute atomic E-state index is 13.2. The fourth-order valence-corrected chi connectivity index (χ4v) is 2.59. The highest BCUT2D eigenvalue weighted by molar-refractivity contribution is 5.92. The lowest BCUT2D eigenvalue weighted by Crippen LogP contribution is -2.14. The van der Waals surface area contributed by atoms with Gasteiger partial charge in [0.25, 0.3) is 0 Å². The van der Waals surface area contributed by atoms with Gasteiger partial charge in [-0.25, -0.2) is 9.37 Å². The molecule has 0 atom stereocenters. The molecule has 1 amide bonds. The molecule has 132 valence electrons. The normalized spacial score (nSPS) is 10.4. The number of carbonyl (C=O) groups is 1. The molecule has 3 aromatic rings. The third-order valence-corrected chi connectivity index (χ3v) is 3.96. The monoisotopic (exact) mass is 349 g/mol. The Labute approximate surface area is 152 Å². The Kier molecular flexibility index (Phi) is 5.27. The van der Waals surface area contributed by atoms with Crippen LogP contribution < -0.4 is 10.6 Å². The van der Waals surface area contributed by atoms with E-state index < -0.39 is 0 Å². The molecule has 0 saturated heterocycles. The van der Waals surface area contributed by atoms with Crippen molar-refractivity contribution in [2.24, 2.45) is 0 Å². The molecule has 0 fully saturated rings. The first-order chi connectivity index (χ1) is 12.5. The van der Waals surface area contributed by atoms with Crippen molar-refractivity contribution in [3.05, 3.63) is 83.3 Å². The largest absolute Gasteiger partial charge is 0.340 e. The molecular weight excluding hydrogens is 329 g/mol. The molecule has 0 radical (unpaired) electrons. The minimum absolute atomic E-state index is 0.111. The van der Waals surface area contributed by atoms with E-state index in [0.717, 1.165) is 11.3 Å². The summed E-state index contributed by atoms with van der Waals surface area (Å²) in [4.78, 5) is 16.4. The number of aryl methyl sites for hydroxylation is 2. The number of hydrogen-bond donors (Lipinski definition) is 2. The predicted molar refractivity (Wildman–Crippen MR) is 102 cm³/mol. The zero-order valence-corrected chi connectivity index (χ0v) is 14.7. The van der Waals surface area contributed by atoms with Gasteiger partial charge in [0.1, 0.15) is 11.6 Å². The zero-order valence-electron chi connectivity index (χ0n) is 14.7. The van der Waals surface area contributed by atoms with Crippen molar-refractivity contribution in [2.75, 3.05) is 10.6 Å². The predicted octanol–water partition coefficient (Wildman–Crippen LogP) is 4.76. The van der Waals surface area contributed by atoms with E-state index in [4.69, 9.17) is 0 Å². The van der Waals surface area contributed by atoms with Crippen LogP contribution in [0.15, 0.2) is 60.8 Å². The van der Waals surface area contributed by atoms with E-state index in [0.29, 0.717) is 17.1 Å². The Morgan fingerprint density at radius 3 is 2.65 bits per heavy atom. The van der Waals surface area contributed by atoms with Gasteiger partial charge < -0.3 is 10.6 Å². The Balaban J connectivity index is 1.62. The lowest BCUT2D eigenvalue weighted by atomic mass is 10.1. The van der Waals surface area contributed by atoms with E-state index in [1.165, 1.54) is 17.7 Å². The Morgan fingerprint density at radius 2 is 1.92 bits per heavy atom. The molecule has 1 heterocycles. The molecule has 0 unspecified atom stereocenters. The SMILES string of the molecule is Cc1ccc(C)c(Nc2ccc(NC(=O)Cc3cccc(F)c3)cn2)c1. The topological polar surface area (TPSA) is 54.0 Å². The number of benzene rings is 2.